The van der Waals surface area contributed by atoms with Gasteiger partial charge in [0, 0.05) is 21.8 Å². The molecule has 0 spiro atoms. The largest absolute Gasteiger partial charge is 0.355 e. The van der Waals surface area contributed by atoms with E-state index in [-0.39, 0.29) is 0 Å². The maximum absolute atomic E-state index is 4.76. The van der Waals surface area contributed by atoms with Gasteiger partial charge in [0.15, 0.2) is 0 Å². The van der Waals surface area contributed by atoms with Crippen molar-refractivity contribution in [3.05, 3.63) is 60.6 Å². The quantitative estimate of drug-likeness (QED) is 0.576. The number of rotatable bonds is 0. The van der Waals surface area contributed by atoms with Crippen LogP contribution in [0.2, 0.25) is 0 Å². The first-order valence-corrected chi connectivity index (χ1v) is 5.47. The van der Waals surface area contributed by atoms with E-state index in [1.807, 2.05) is 0 Å². The molecule has 1 N–H and O–H groups in total. The van der Waals surface area contributed by atoms with E-state index in [0.717, 1.165) is 0 Å². The minimum absolute atomic E-state index is 1.21. The number of hydrogen-bond acceptors (Lipinski definition) is 0. The van der Waals surface area contributed by atoms with E-state index in [0.29, 0.717) is 0 Å². The van der Waals surface area contributed by atoms with Gasteiger partial charge in [-0.2, -0.15) is 0 Å². The summed E-state index contributed by atoms with van der Waals surface area (Å²) in [5.74, 6) is 0. The molecule has 0 radical (unpaired) electrons. The summed E-state index contributed by atoms with van der Waals surface area (Å²) in [5, 5.41) is 2.61. The predicted octanol–water partition coefficient (Wildman–Crippen LogP) is 4.69. The molecule has 0 unspecified atom stereocenters. The van der Waals surface area contributed by atoms with Crippen LogP contribution >= 0.6 is 11.6 Å². The molecule has 3 rings (SSSR count). The molecule has 2 aromatic carbocycles. The topological polar surface area (TPSA) is 15.8 Å². The number of nitrogens with one attached hydrogen (secondary N) is 1. The van der Waals surface area contributed by atoms with E-state index in [9.17, 15) is 0 Å². The third-order valence-corrected chi connectivity index (χ3v) is 2.41. The number of halogens is 1. The van der Waals surface area contributed by atoms with E-state index < -0.39 is 0 Å². The highest BCUT2D eigenvalue weighted by molar-refractivity contribution is 6.25. The van der Waals surface area contributed by atoms with Crippen LogP contribution in [0.5, 0.6) is 0 Å². The molecule has 3 aromatic rings. The van der Waals surface area contributed by atoms with Crippen molar-refractivity contribution in [2.24, 2.45) is 0 Å². The van der Waals surface area contributed by atoms with Crippen LogP contribution in [0.25, 0.3) is 21.8 Å². The first-order chi connectivity index (χ1) is 7.86. The maximum Gasteiger partial charge on any atom is 0.0464 e. The fourth-order valence-electron chi connectivity index (χ4n) is 1.80. The summed E-state index contributed by atoms with van der Waals surface area (Å²) >= 11 is 4.76. The van der Waals surface area contributed by atoms with E-state index >= 15 is 0 Å². The van der Waals surface area contributed by atoms with Crippen molar-refractivity contribution in [2.45, 2.75) is 0 Å². The molecule has 0 bridgehead atoms. The van der Waals surface area contributed by atoms with Crippen molar-refractivity contribution in [1.82, 2.24) is 4.98 Å². The van der Waals surface area contributed by atoms with Crippen LogP contribution in [0, 0.1) is 0 Å². The van der Waals surface area contributed by atoms with Gasteiger partial charge in [0.05, 0.1) is 0 Å². The average molecular weight is 230 g/mol. The van der Waals surface area contributed by atoms with E-state index in [1.165, 1.54) is 27.3 Å². The molecule has 80 valence electrons. The molecule has 0 saturated carbocycles. The Morgan fingerprint density at radius 2 is 1.25 bits per heavy atom. The molecule has 0 aliphatic carbocycles. The molecule has 2 heteroatoms. The first-order valence-electron chi connectivity index (χ1n) is 5.03. The zero-order chi connectivity index (χ0) is 11.4. The summed E-state index contributed by atoms with van der Waals surface area (Å²) in [4.78, 5) is 3.38. The van der Waals surface area contributed by atoms with Crippen molar-refractivity contribution in [3.63, 3.8) is 0 Å². The molecule has 0 fully saturated rings. The normalized spacial score (nSPS) is 9.81. The lowest BCUT2D eigenvalue weighted by atomic mass is 10.2. The number of aromatic amines is 1. The van der Waals surface area contributed by atoms with Gasteiger partial charge in [0.1, 0.15) is 0 Å². The number of H-pyrrole nitrogens is 1. The highest BCUT2D eigenvalue weighted by Crippen LogP contribution is 2.24. The molecule has 1 nitrogen and oxygen atoms in total. The summed E-state index contributed by atoms with van der Waals surface area (Å²) < 4.78 is 0. The predicted molar refractivity (Wildman–Crippen MR) is 71.9 cm³/mol. The van der Waals surface area contributed by atoms with Crippen LogP contribution in [0.3, 0.4) is 0 Å². The first kappa shape index (κ1) is 10.8. The third-order valence-electron chi connectivity index (χ3n) is 2.41. The molecule has 0 atom stereocenters. The number of hydrogen-bond donors (Lipinski definition) is 1. The summed E-state index contributed by atoms with van der Waals surface area (Å²) in [7, 11) is 0. The smallest absolute Gasteiger partial charge is 0.0464 e. The van der Waals surface area contributed by atoms with Gasteiger partial charge in [0.25, 0.3) is 0 Å². The Morgan fingerprint density at radius 3 is 1.69 bits per heavy atom. The molecule has 1 aromatic heterocycles. The monoisotopic (exact) mass is 229 g/mol. The Kier molecular flexibility index (Phi) is 3.28. The molecule has 16 heavy (non-hydrogen) atoms. The second kappa shape index (κ2) is 4.86. The second-order valence-corrected chi connectivity index (χ2v) is 3.68. The lowest BCUT2D eigenvalue weighted by Crippen LogP contribution is -1.62. The van der Waals surface area contributed by atoms with Gasteiger partial charge < -0.3 is 4.98 Å². The highest BCUT2D eigenvalue weighted by atomic mass is 35.5. The fourth-order valence-corrected chi connectivity index (χ4v) is 1.80. The number of para-hydroxylation sites is 2. The lowest BCUT2D eigenvalue weighted by Gasteiger charge is -1.87. The van der Waals surface area contributed by atoms with Crippen LogP contribution in [0.1, 0.15) is 0 Å². The van der Waals surface area contributed by atoms with Crippen LogP contribution < -0.4 is 0 Å². The van der Waals surface area contributed by atoms with Crippen molar-refractivity contribution >= 4 is 33.4 Å². The van der Waals surface area contributed by atoms with Crippen molar-refractivity contribution < 1.29 is 0 Å². The van der Waals surface area contributed by atoms with E-state index in [2.05, 4.69) is 60.1 Å². The number of benzene rings is 2. The van der Waals surface area contributed by atoms with Gasteiger partial charge in [0.2, 0.25) is 0 Å². The van der Waals surface area contributed by atoms with Gasteiger partial charge >= 0.3 is 0 Å². The minimum atomic E-state index is 1.21. The van der Waals surface area contributed by atoms with Gasteiger partial charge in [-0.25, -0.2) is 0 Å². The Bertz CT molecular complexity index is 560. The maximum atomic E-state index is 4.76. The Balaban J connectivity index is 0.000000292. The van der Waals surface area contributed by atoms with E-state index in [4.69, 9.17) is 11.6 Å². The van der Waals surface area contributed by atoms with Gasteiger partial charge in [-0.1, -0.05) is 54.6 Å². The third kappa shape index (κ3) is 1.95. The molecular weight excluding hydrogens is 218 g/mol. The minimum Gasteiger partial charge on any atom is -0.355 e. The molecule has 0 aliphatic rings. The van der Waals surface area contributed by atoms with Crippen molar-refractivity contribution in [3.8, 4) is 0 Å². The second-order valence-electron chi connectivity index (χ2n) is 3.37. The summed E-state index contributed by atoms with van der Waals surface area (Å²) in [6.45, 7) is 3.13. The lowest BCUT2D eigenvalue weighted by molar-refractivity contribution is 1.55. The van der Waals surface area contributed by atoms with E-state index in [1.54, 1.807) is 0 Å². The van der Waals surface area contributed by atoms with Crippen LogP contribution in [-0.4, -0.2) is 4.98 Å². The summed E-state index contributed by atoms with van der Waals surface area (Å²) in [6.07, 6.45) is 0. The Morgan fingerprint density at radius 1 is 0.875 bits per heavy atom. The van der Waals surface area contributed by atoms with Crippen molar-refractivity contribution in [1.29, 1.82) is 0 Å². The molecule has 0 aliphatic heterocycles. The van der Waals surface area contributed by atoms with Gasteiger partial charge in [-0.3, -0.25) is 0 Å². The zero-order valence-corrected chi connectivity index (χ0v) is 9.54. The molecular formula is C14H12ClN. The Hall–Kier alpha value is -1.73. The molecule has 0 saturated heterocycles. The van der Waals surface area contributed by atoms with Crippen LogP contribution in [0.15, 0.2) is 60.6 Å². The molecule has 0 amide bonds. The number of fused-ring (bicyclic) bond motifs is 3. The fraction of sp³-hybridized carbons (Fsp3) is 0. The van der Waals surface area contributed by atoms with Crippen LogP contribution in [-0.2, 0) is 0 Å². The highest BCUT2D eigenvalue weighted by Gasteiger charge is 2.00. The van der Waals surface area contributed by atoms with Gasteiger partial charge in [-0.05, 0) is 17.7 Å². The van der Waals surface area contributed by atoms with Gasteiger partial charge in [-0.15, -0.1) is 0 Å². The standard InChI is InChI=1S/C12H9N.C2H3Cl/c1-3-7-11-9(5-1)10-6-2-4-8-12(10)13-11;1-2-3/h1-8,13H;2H,1H2. The van der Waals surface area contributed by atoms with Crippen molar-refractivity contribution in [2.75, 3.05) is 0 Å². The van der Waals surface area contributed by atoms with Crippen LogP contribution in [0.4, 0.5) is 0 Å². The Labute approximate surface area is 99.4 Å². The number of aromatic nitrogens is 1. The zero-order valence-electron chi connectivity index (χ0n) is 8.78. The average Bonchev–Trinajstić information content (AvgIpc) is 2.68. The summed E-state index contributed by atoms with van der Waals surface area (Å²) in [6, 6.07) is 16.8. The SMILES string of the molecule is C=CCl.c1ccc2c(c1)[nH]c1ccccc12. The molecule has 1 heterocycles. The summed E-state index contributed by atoms with van der Waals surface area (Å²) in [5.41, 5.74) is 3.65.